The summed E-state index contributed by atoms with van der Waals surface area (Å²) in [6, 6.07) is -0.565. The van der Waals surface area contributed by atoms with E-state index in [0.717, 1.165) is 0 Å². The maximum atomic E-state index is 10.4. The number of nitrogens with one attached hydrogen (secondary N) is 1. The molecule has 0 aliphatic carbocycles. The zero-order valence-corrected chi connectivity index (χ0v) is 5.47. The number of carbonyl (C=O) groups is 2. The number of amides is 3. The summed E-state index contributed by atoms with van der Waals surface area (Å²) < 4.78 is 0. The van der Waals surface area contributed by atoms with Gasteiger partial charge in [-0.25, -0.2) is 4.79 Å². The molecule has 0 atom stereocenters. The summed E-state index contributed by atoms with van der Waals surface area (Å²) >= 11 is 0. The van der Waals surface area contributed by atoms with E-state index in [-0.39, 0.29) is 0 Å². The highest BCUT2D eigenvalue weighted by molar-refractivity contribution is 5.92. The van der Waals surface area contributed by atoms with Crippen molar-refractivity contribution in [1.82, 2.24) is 10.6 Å². The van der Waals surface area contributed by atoms with Crippen LogP contribution in [0.25, 0.3) is 0 Å². The third-order valence-corrected chi connectivity index (χ3v) is 0.587. The summed E-state index contributed by atoms with van der Waals surface area (Å²) in [5.41, 5.74) is 0. The Morgan fingerprint density at radius 3 is 2.44 bits per heavy atom. The predicted octanol–water partition coefficient (Wildman–Crippen LogP) is -0.133. The molecule has 0 spiro atoms. The van der Waals surface area contributed by atoms with Gasteiger partial charge in [0, 0.05) is 13.5 Å². The van der Waals surface area contributed by atoms with Gasteiger partial charge in [0.2, 0.25) is 5.91 Å². The molecule has 0 fully saturated rings. The molecule has 1 radical (unpaired) electrons. The Balaban J connectivity index is 3.39. The van der Waals surface area contributed by atoms with Crippen molar-refractivity contribution in [1.29, 1.82) is 0 Å². The Kier molecular flexibility index (Phi) is 3.43. The summed E-state index contributed by atoms with van der Waals surface area (Å²) in [5, 5.41) is 5.43. The molecule has 0 unspecified atom stereocenters. The van der Waals surface area contributed by atoms with Gasteiger partial charge in [-0.05, 0) is 6.92 Å². The Labute approximate surface area is 53.6 Å². The summed E-state index contributed by atoms with van der Waals surface area (Å²) in [4.78, 5) is 20.5. The van der Waals surface area contributed by atoms with Crippen LogP contribution in [-0.4, -0.2) is 18.5 Å². The van der Waals surface area contributed by atoms with Gasteiger partial charge in [0.05, 0.1) is 0 Å². The van der Waals surface area contributed by atoms with Crippen molar-refractivity contribution >= 4 is 11.9 Å². The van der Waals surface area contributed by atoms with E-state index in [1.807, 2.05) is 0 Å². The van der Waals surface area contributed by atoms with Crippen LogP contribution in [0.4, 0.5) is 4.79 Å². The van der Waals surface area contributed by atoms with Crippen LogP contribution in [0, 0.1) is 0 Å². The molecule has 9 heavy (non-hydrogen) atoms. The number of rotatable bonds is 1. The first-order valence-electron chi connectivity index (χ1n) is 2.67. The van der Waals surface area contributed by atoms with E-state index >= 15 is 0 Å². The van der Waals surface area contributed by atoms with E-state index < -0.39 is 11.9 Å². The lowest BCUT2D eigenvalue weighted by molar-refractivity contribution is -0.118. The highest BCUT2D eigenvalue weighted by Gasteiger charge is 2.01. The number of carbonyl (C=O) groups excluding carboxylic acids is 2. The van der Waals surface area contributed by atoms with Crippen LogP contribution in [0.15, 0.2) is 0 Å². The monoisotopic (exact) mass is 129 g/mol. The Bertz CT molecular complexity index is 122. The Morgan fingerprint density at radius 1 is 1.56 bits per heavy atom. The minimum Gasteiger partial charge on any atom is -0.336 e. The van der Waals surface area contributed by atoms with Crippen molar-refractivity contribution in [3.63, 3.8) is 0 Å². The maximum Gasteiger partial charge on any atom is 0.344 e. The second-order valence-electron chi connectivity index (χ2n) is 1.47. The number of imide groups is 1. The smallest absolute Gasteiger partial charge is 0.336 e. The molecule has 0 rings (SSSR count). The van der Waals surface area contributed by atoms with Gasteiger partial charge >= 0.3 is 6.03 Å². The minimum absolute atomic E-state index is 0.471. The quantitative estimate of drug-likeness (QED) is 0.536. The summed E-state index contributed by atoms with van der Waals surface area (Å²) in [5.74, 6) is -0.471. The fourth-order valence-corrected chi connectivity index (χ4v) is 0.334. The van der Waals surface area contributed by atoms with Crippen molar-refractivity contribution in [3.05, 3.63) is 0 Å². The van der Waals surface area contributed by atoms with Crippen LogP contribution in [0.3, 0.4) is 0 Å². The van der Waals surface area contributed by atoms with Gasteiger partial charge in [0.15, 0.2) is 0 Å². The molecular formula is C5H9N2O2. The topological polar surface area (TPSA) is 60.3 Å². The molecule has 1 N–H and O–H groups in total. The number of nitrogens with zero attached hydrogens (tertiary/aromatic N) is 1. The van der Waals surface area contributed by atoms with E-state index in [1.165, 1.54) is 6.92 Å². The van der Waals surface area contributed by atoms with Crippen LogP contribution in [0.2, 0.25) is 0 Å². The van der Waals surface area contributed by atoms with Gasteiger partial charge in [0.25, 0.3) is 0 Å². The fourth-order valence-electron chi connectivity index (χ4n) is 0.334. The average molecular weight is 129 g/mol. The van der Waals surface area contributed by atoms with E-state index in [4.69, 9.17) is 0 Å². The standard InChI is InChI=1S/C5H9N2O2/c1-3-6-5(9)7-4(2)8/h3H2,1-2H3,(H,6,9). The first-order valence-corrected chi connectivity index (χ1v) is 2.67. The van der Waals surface area contributed by atoms with Crippen molar-refractivity contribution in [3.8, 4) is 0 Å². The first-order chi connectivity index (χ1) is 4.16. The highest BCUT2D eigenvalue weighted by Crippen LogP contribution is 1.67. The molecular weight excluding hydrogens is 120 g/mol. The fraction of sp³-hybridized carbons (Fsp3) is 0.600. The summed E-state index contributed by atoms with van der Waals surface area (Å²) in [6.45, 7) is 3.48. The Morgan fingerprint density at radius 2 is 2.11 bits per heavy atom. The number of hydrogen-bond acceptors (Lipinski definition) is 2. The molecule has 0 saturated carbocycles. The second-order valence-corrected chi connectivity index (χ2v) is 1.47. The summed E-state index contributed by atoms with van der Waals surface area (Å²) in [6.07, 6.45) is 0. The van der Waals surface area contributed by atoms with Crippen LogP contribution >= 0.6 is 0 Å². The van der Waals surface area contributed by atoms with E-state index in [1.54, 1.807) is 6.92 Å². The third kappa shape index (κ3) is 4.80. The molecule has 0 heterocycles. The third-order valence-electron chi connectivity index (χ3n) is 0.587. The molecule has 0 aromatic rings. The van der Waals surface area contributed by atoms with E-state index in [9.17, 15) is 9.59 Å². The molecule has 4 nitrogen and oxygen atoms in total. The van der Waals surface area contributed by atoms with Crippen LogP contribution < -0.4 is 10.6 Å². The molecule has 0 aliphatic rings. The predicted molar refractivity (Wildman–Crippen MR) is 31.9 cm³/mol. The highest BCUT2D eigenvalue weighted by atomic mass is 16.2. The van der Waals surface area contributed by atoms with E-state index in [0.29, 0.717) is 6.54 Å². The lowest BCUT2D eigenvalue weighted by Crippen LogP contribution is -2.32. The number of urea groups is 1. The van der Waals surface area contributed by atoms with Crippen molar-refractivity contribution in [2.24, 2.45) is 0 Å². The SMILES string of the molecule is CCNC(=O)[N]C(C)=O. The van der Waals surface area contributed by atoms with Crippen LogP contribution in [-0.2, 0) is 4.79 Å². The zero-order chi connectivity index (χ0) is 7.28. The lowest BCUT2D eigenvalue weighted by Gasteiger charge is -1.95. The maximum absolute atomic E-state index is 10.4. The molecule has 4 heteroatoms. The molecule has 0 aromatic carbocycles. The normalized spacial score (nSPS) is 8.22. The first kappa shape index (κ1) is 7.94. The largest absolute Gasteiger partial charge is 0.344 e. The molecule has 0 aliphatic heterocycles. The number of hydrogen-bond donors (Lipinski definition) is 1. The zero-order valence-electron chi connectivity index (χ0n) is 5.47. The van der Waals surface area contributed by atoms with Gasteiger partial charge in [-0.2, -0.15) is 5.32 Å². The minimum atomic E-state index is -0.565. The van der Waals surface area contributed by atoms with Crippen molar-refractivity contribution in [2.75, 3.05) is 6.54 Å². The molecule has 0 saturated heterocycles. The van der Waals surface area contributed by atoms with Crippen LogP contribution in [0.1, 0.15) is 13.8 Å². The van der Waals surface area contributed by atoms with Gasteiger partial charge in [0.1, 0.15) is 0 Å². The molecule has 0 aromatic heterocycles. The second kappa shape index (κ2) is 3.88. The van der Waals surface area contributed by atoms with Crippen molar-refractivity contribution < 1.29 is 9.59 Å². The van der Waals surface area contributed by atoms with Gasteiger partial charge in [-0.15, -0.1) is 0 Å². The van der Waals surface area contributed by atoms with Gasteiger partial charge in [-0.1, -0.05) is 0 Å². The van der Waals surface area contributed by atoms with Crippen molar-refractivity contribution in [2.45, 2.75) is 13.8 Å². The van der Waals surface area contributed by atoms with Gasteiger partial charge in [-0.3, -0.25) is 4.79 Å². The van der Waals surface area contributed by atoms with Crippen LogP contribution in [0.5, 0.6) is 0 Å². The molecule has 0 bridgehead atoms. The molecule has 3 amide bonds. The summed E-state index contributed by atoms with van der Waals surface area (Å²) in [7, 11) is 0. The van der Waals surface area contributed by atoms with Gasteiger partial charge < -0.3 is 5.32 Å². The Hall–Kier alpha value is -1.06. The average Bonchev–Trinajstić information content (AvgIpc) is 1.63. The van der Waals surface area contributed by atoms with E-state index in [2.05, 4.69) is 10.6 Å². The molecule has 51 valence electrons. The lowest BCUT2D eigenvalue weighted by atomic mass is 10.7.